The molecular weight excluding hydrogens is 176 g/mol. The lowest BCUT2D eigenvalue weighted by Gasteiger charge is -2.14. The molecule has 0 spiro atoms. The summed E-state index contributed by atoms with van der Waals surface area (Å²) in [6.07, 6.45) is 0. The first kappa shape index (κ1) is 10.8. The lowest BCUT2D eigenvalue weighted by molar-refractivity contribution is -0.138. The monoisotopic (exact) mass is 192 g/mol. The lowest BCUT2D eigenvalue weighted by Crippen LogP contribution is -2.10. The third-order valence-electron chi connectivity index (χ3n) is 2.54. The molecular formula is C12H16O2. The van der Waals surface area contributed by atoms with Gasteiger partial charge in [0.05, 0.1) is 5.92 Å². The van der Waals surface area contributed by atoms with Crippen LogP contribution >= 0.6 is 0 Å². The van der Waals surface area contributed by atoms with Crippen molar-refractivity contribution < 1.29 is 9.90 Å². The molecule has 0 saturated heterocycles. The van der Waals surface area contributed by atoms with Crippen LogP contribution < -0.4 is 0 Å². The van der Waals surface area contributed by atoms with Crippen molar-refractivity contribution in [3.05, 3.63) is 34.4 Å². The Morgan fingerprint density at radius 1 is 1.21 bits per heavy atom. The Labute approximate surface area is 84.6 Å². The molecule has 1 atom stereocenters. The number of carboxylic acids is 1. The normalized spacial score (nSPS) is 12.6. The summed E-state index contributed by atoms with van der Waals surface area (Å²) in [5, 5.41) is 8.95. The van der Waals surface area contributed by atoms with E-state index in [1.807, 2.05) is 32.9 Å². The number of rotatable bonds is 2. The van der Waals surface area contributed by atoms with Gasteiger partial charge in [0, 0.05) is 0 Å². The molecule has 0 amide bonds. The molecule has 76 valence electrons. The molecule has 1 aromatic carbocycles. The van der Waals surface area contributed by atoms with Gasteiger partial charge in [0.2, 0.25) is 0 Å². The predicted octanol–water partition coefficient (Wildman–Crippen LogP) is 2.80. The second kappa shape index (κ2) is 3.82. The highest BCUT2D eigenvalue weighted by Crippen LogP contribution is 2.24. The SMILES string of the molecule is Cc1cc(C)c(C(C)C(=O)O)c(C)c1. The molecule has 0 radical (unpaired) electrons. The summed E-state index contributed by atoms with van der Waals surface area (Å²) in [4.78, 5) is 10.9. The molecule has 1 aromatic rings. The Balaban J connectivity index is 3.27. The number of hydrogen-bond acceptors (Lipinski definition) is 1. The molecule has 14 heavy (non-hydrogen) atoms. The van der Waals surface area contributed by atoms with Gasteiger partial charge in [-0.05, 0) is 44.4 Å². The van der Waals surface area contributed by atoms with E-state index in [1.165, 1.54) is 5.56 Å². The molecule has 0 aliphatic carbocycles. The van der Waals surface area contributed by atoms with Gasteiger partial charge in [0.1, 0.15) is 0 Å². The smallest absolute Gasteiger partial charge is 0.310 e. The molecule has 0 aliphatic rings. The number of carboxylic acid groups (broad SMARTS) is 1. The van der Waals surface area contributed by atoms with E-state index in [9.17, 15) is 4.79 Å². The number of aliphatic carboxylic acids is 1. The molecule has 0 bridgehead atoms. The zero-order valence-electron chi connectivity index (χ0n) is 9.09. The maximum absolute atomic E-state index is 10.9. The van der Waals surface area contributed by atoms with E-state index < -0.39 is 11.9 Å². The van der Waals surface area contributed by atoms with Crippen LogP contribution in [0.25, 0.3) is 0 Å². The van der Waals surface area contributed by atoms with Crippen molar-refractivity contribution in [2.75, 3.05) is 0 Å². The van der Waals surface area contributed by atoms with E-state index >= 15 is 0 Å². The Bertz CT molecular complexity index is 344. The molecule has 1 rings (SSSR count). The Morgan fingerprint density at radius 2 is 1.64 bits per heavy atom. The van der Waals surface area contributed by atoms with Crippen LogP contribution in [-0.4, -0.2) is 11.1 Å². The fourth-order valence-electron chi connectivity index (χ4n) is 2.00. The summed E-state index contributed by atoms with van der Waals surface area (Å²) in [5.41, 5.74) is 4.26. The summed E-state index contributed by atoms with van der Waals surface area (Å²) in [6, 6.07) is 4.06. The van der Waals surface area contributed by atoms with Crippen LogP contribution in [0.3, 0.4) is 0 Å². The van der Waals surface area contributed by atoms with Gasteiger partial charge >= 0.3 is 5.97 Å². The van der Waals surface area contributed by atoms with Crippen LogP contribution in [0, 0.1) is 20.8 Å². The lowest BCUT2D eigenvalue weighted by atomic mass is 9.91. The summed E-state index contributed by atoms with van der Waals surface area (Å²) in [6.45, 7) is 7.69. The first-order valence-electron chi connectivity index (χ1n) is 4.74. The first-order valence-corrected chi connectivity index (χ1v) is 4.74. The standard InChI is InChI=1S/C12H16O2/c1-7-5-8(2)11(9(3)6-7)10(4)12(13)14/h5-6,10H,1-4H3,(H,13,14). The van der Waals surface area contributed by atoms with Crippen LogP contribution in [0.5, 0.6) is 0 Å². The van der Waals surface area contributed by atoms with Crippen molar-refractivity contribution in [3.63, 3.8) is 0 Å². The maximum atomic E-state index is 10.9. The Hall–Kier alpha value is -1.31. The van der Waals surface area contributed by atoms with Crippen molar-refractivity contribution in [2.45, 2.75) is 33.6 Å². The summed E-state index contributed by atoms with van der Waals surface area (Å²) < 4.78 is 0. The van der Waals surface area contributed by atoms with Gasteiger partial charge in [-0.25, -0.2) is 0 Å². The van der Waals surface area contributed by atoms with E-state index in [0.29, 0.717) is 0 Å². The zero-order chi connectivity index (χ0) is 10.9. The Morgan fingerprint density at radius 3 is 2.00 bits per heavy atom. The number of aryl methyl sites for hydroxylation is 3. The van der Waals surface area contributed by atoms with Gasteiger partial charge in [-0.2, -0.15) is 0 Å². The fourth-order valence-corrected chi connectivity index (χ4v) is 2.00. The van der Waals surface area contributed by atoms with E-state index in [2.05, 4.69) is 0 Å². The average molecular weight is 192 g/mol. The van der Waals surface area contributed by atoms with Crippen molar-refractivity contribution in [3.8, 4) is 0 Å². The highest BCUT2D eigenvalue weighted by atomic mass is 16.4. The van der Waals surface area contributed by atoms with Crippen LogP contribution in [-0.2, 0) is 4.79 Å². The van der Waals surface area contributed by atoms with Crippen molar-refractivity contribution >= 4 is 5.97 Å². The number of benzene rings is 1. The third kappa shape index (κ3) is 1.95. The largest absolute Gasteiger partial charge is 0.481 e. The van der Waals surface area contributed by atoms with Gasteiger partial charge < -0.3 is 5.11 Å². The second-order valence-corrected chi connectivity index (χ2v) is 3.87. The van der Waals surface area contributed by atoms with Crippen molar-refractivity contribution in [1.82, 2.24) is 0 Å². The predicted molar refractivity (Wildman–Crippen MR) is 56.7 cm³/mol. The van der Waals surface area contributed by atoms with Gasteiger partial charge in [-0.1, -0.05) is 17.7 Å². The molecule has 1 unspecified atom stereocenters. The molecule has 1 N–H and O–H groups in total. The van der Waals surface area contributed by atoms with Crippen LogP contribution in [0.1, 0.15) is 35.1 Å². The minimum absolute atomic E-state index is 0.421. The molecule has 0 fully saturated rings. The molecule has 2 nitrogen and oxygen atoms in total. The average Bonchev–Trinajstić information content (AvgIpc) is 2.01. The van der Waals surface area contributed by atoms with E-state index in [4.69, 9.17) is 5.11 Å². The topological polar surface area (TPSA) is 37.3 Å². The number of hydrogen-bond donors (Lipinski definition) is 1. The van der Waals surface area contributed by atoms with E-state index in [0.717, 1.165) is 16.7 Å². The van der Waals surface area contributed by atoms with Crippen molar-refractivity contribution in [2.24, 2.45) is 0 Å². The minimum atomic E-state index is -0.764. The van der Waals surface area contributed by atoms with Gasteiger partial charge in [-0.15, -0.1) is 0 Å². The van der Waals surface area contributed by atoms with Gasteiger partial charge in [-0.3, -0.25) is 4.79 Å². The molecule has 0 aromatic heterocycles. The Kier molecular flexibility index (Phi) is 2.94. The molecule has 0 aliphatic heterocycles. The number of carbonyl (C=O) groups is 1. The molecule has 0 saturated carbocycles. The summed E-state index contributed by atoms with van der Waals surface area (Å²) >= 11 is 0. The molecule has 0 heterocycles. The third-order valence-corrected chi connectivity index (χ3v) is 2.54. The zero-order valence-corrected chi connectivity index (χ0v) is 9.09. The highest BCUT2D eigenvalue weighted by molar-refractivity contribution is 5.76. The van der Waals surface area contributed by atoms with E-state index in [-0.39, 0.29) is 0 Å². The van der Waals surface area contributed by atoms with E-state index in [1.54, 1.807) is 6.92 Å². The van der Waals surface area contributed by atoms with Crippen LogP contribution in [0.4, 0.5) is 0 Å². The second-order valence-electron chi connectivity index (χ2n) is 3.87. The van der Waals surface area contributed by atoms with Gasteiger partial charge in [0.15, 0.2) is 0 Å². The maximum Gasteiger partial charge on any atom is 0.310 e. The van der Waals surface area contributed by atoms with Gasteiger partial charge in [0.25, 0.3) is 0 Å². The first-order chi connectivity index (χ1) is 6.43. The minimum Gasteiger partial charge on any atom is -0.481 e. The summed E-state index contributed by atoms with van der Waals surface area (Å²) in [7, 11) is 0. The quantitative estimate of drug-likeness (QED) is 0.782. The van der Waals surface area contributed by atoms with Crippen LogP contribution in [0.2, 0.25) is 0 Å². The summed E-state index contributed by atoms with van der Waals surface area (Å²) in [5.74, 6) is -1.18. The highest BCUT2D eigenvalue weighted by Gasteiger charge is 2.17. The van der Waals surface area contributed by atoms with Crippen molar-refractivity contribution in [1.29, 1.82) is 0 Å². The van der Waals surface area contributed by atoms with Crippen LogP contribution in [0.15, 0.2) is 12.1 Å². The molecule has 2 heteroatoms. The fraction of sp³-hybridized carbons (Fsp3) is 0.417.